The first-order valence-electron chi connectivity index (χ1n) is 6.45. The number of carbonyl (C=O) groups excluding carboxylic acids is 1. The first-order valence-corrected chi connectivity index (χ1v) is 7.25. The van der Waals surface area contributed by atoms with E-state index in [9.17, 15) is 9.59 Å². The van der Waals surface area contributed by atoms with Crippen molar-refractivity contribution in [1.29, 1.82) is 0 Å². The van der Waals surface area contributed by atoms with Crippen LogP contribution in [0, 0.1) is 6.92 Å². The van der Waals surface area contributed by atoms with Gasteiger partial charge in [-0.1, -0.05) is 15.9 Å². The lowest BCUT2D eigenvalue weighted by Gasteiger charge is -2.15. The van der Waals surface area contributed by atoms with E-state index in [2.05, 4.69) is 21.2 Å². The third-order valence-corrected chi connectivity index (χ3v) is 4.18. The van der Waals surface area contributed by atoms with Gasteiger partial charge >= 0.3 is 5.97 Å². The Hall–Kier alpha value is -1.60. The number of rotatable bonds is 4. The molecule has 1 aromatic carbocycles. The van der Waals surface area contributed by atoms with Crippen LogP contribution in [0.5, 0.6) is 5.75 Å². The predicted molar refractivity (Wildman–Crippen MR) is 79.6 cm³/mol. The molecular formula is C14H16BrNO5. The Morgan fingerprint density at radius 3 is 2.62 bits per heavy atom. The second-order valence-corrected chi connectivity index (χ2v) is 5.67. The lowest BCUT2D eigenvalue weighted by atomic mass is 10.1. The van der Waals surface area contributed by atoms with Crippen molar-refractivity contribution in [3.63, 3.8) is 0 Å². The number of benzene rings is 1. The monoisotopic (exact) mass is 357 g/mol. The highest BCUT2D eigenvalue weighted by Gasteiger charge is 2.35. The summed E-state index contributed by atoms with van der Waals surface area (Å²) in [6.07, 6.45) is -0.941. The summed E-state index contributed by atoms with van der Waals surface area (Å²) in [5.74, 6) is -0.870. The van der Waals surface area contributed by atoms with Crippen molar-refractivity contribution >= 4 is 33.5 Å². The molecule has 0 spiro atoms. The molecule has 1 saturated heterocycles. The van der Waals surface area contributed by atoms with E-state index in [0.29, 0.717) is 24.3 Å². The number of nitrogens with one attached hydrogen (secondary N) is 1. The summed E-state index contributed by atoms with van der Waals surface area (Å²) in [5.41, 5.74) is 1.50. The van der Waals surface area contributed by atoms with Gasteiger partial charge < -0.3 is 19.9 Å². The molecule has 2 atom stereocenters. The van der Waals surface area contributed by atoms with Gasteiger partial charge in [-0.15, -0.1) is 0 Å². The van der Waals surface area contributed by atoms with Crippen molar-refractivity contribution in [2.45, 2.75) is 32.0 Å². The molecule has 7 heteroatoms. The number of hydrogen-bond donors (Lipinski definition) is 2. The van der Waals surface area contributed by atoms with Gasteiger partial charge in [-0.2, -0.15) is 0 Å². The number of halogens is 1. The third-order valence-electron chi connectivity index (χ3n) is 3.33. The van der Waals surface area contributed by atoms with Crippen LogP contribution in [0.3, 0.4) is 0 Å². The van der Waals surface area contributed by atoms with E-state index in [0.717, 1.165) is 10.0 Å². The number of aryl methyl sites for hydroxylation is 1. The summed E-state index contributed by atoms with van der Waals surface area (Å²) in [4.78, 5) is 23.0. The Labute approximate surface area is 130 Å². The van der Waals surface area contributed by atoms with E-state index in [4.69, 9.17) is 14.6 Å². The average Bonchev–Trinajstić information content (AvgIpc) is 2.92. The zero-order valence-corrected chi connectivity index (χ0v) is 13.3. The predicted octanol–water partition coefficient (Wildman–Crippen LogP) is 2.34. The van der Waals surface area contributed by atoms with E-state index in [-0.39, 0.29) is 5.91 Å². The Morgan fingerprint density at radius 1 is 1.38 bits per heavy atom. The number of methoxy groups -OCH3 is 1. The highest BCUT2D eigenvalue weighted by Crippen LogP contribution is 2.32. The zero-order chi connectivity index (χ0) is 15.6. The topological polar surface area (TPSA) is 84.9 Å². The van der Waals surface area contributed by atoms with Crippen LogP contribution < -0.4 is 10.1 Å². The van der Waals surface area contributed by atoms with Gasteiger partial charge in [0, 0.05) is 4.47 Å². The lowest BCUT2D eigenvalue weighted by Crippen LogP contribution is -2.30. The quantitative estimate of drug-likeness (QED) is 0.863. The summed E-state index contributed by atoms with van der Waals surface area (Å²) in [5, 5.41) is 11.6. The molecule has 21 heavy (non-hydrogen) atoms. The summed E-state index contributed by atoms with van der Waals surface area (Å²) in [7, 11) is 1.52. The van der Waals surface area contributed by atoms with Crippen molar-refractivity contribution in [1.82, 2.24) is 0 Å². The number of ether oxygens (including phenoxy) is 2. The molecule has 1 aromatic rings. The molecule has 0 aromatic heterocycles. The highest BCUT2D eigenvalue weighted by atomic mass is 79.9. The van der Waals surface area contributed by atoms with Crippen LogP contribution in [0.2, 0.25) is 0 Å². The van der Waals surface area contributed by atoms with Gasteiger partial charge in [-0.3, -0.25) is 4.79 Å². The van der Waals surface area contributed by atoms with E-state index in [1.54, 1.807) is 12.1 Å². The van der Waals surface area contributed by atoms with Crippen molar-refractivity contribution < 1.29 is 24.2 Å². The van der Waals surface area contributed by atoms with Gasteiger partial charge in [-0.05, 0) is 37.5 Å². The van der Waals surface area contributed by atoms with E-state index in [1.807, 2.05) is 6.92 Å². The zero-order valence-electron chi connectivity index (χ0n) is 11.7. The summed E-state index contributed by atoms with van der Waals surface area (Å²) < 4.78 is 11.3. The van der Waals surface area contributed by atoms with E-state index < -0.39 is 18.2 Å². The number of carbonyl (C=O) groups is 2. The maximum Gasteiger partial charge on any atom is 0.332 e. The molecule has 1 aliphatic heterocycles. The maximum absolute atomic E-state index is 12.1. The van der Waals surface area contributed by atoms with Crippen LogP contribution in [0.1, 0.15) is 18.4 Å². The lowest BCUT2D eigenvalue weighted by molar-refractivity contribution is -0.150. The molecule has 1 heterocycles. The minimum absolute atomic E-state index is 0.335. The van der Waals surface area contributed by atoms with Crippen LogP contribution in [-0.4, -0.2) is 36.3 Å². The summed E-state index contributed by atoms with van der Waals surface area (Å²) >= 11 is 3.40. The van der Waals surface area contributed by atoms with Gasteiger partial charge in [0.25, 0.3) is 5.91 Å². The smallest absolute Gasteiger partial charge is 0.332 e. The fourth-order valence-electron chi connectivity index (χ4n) is 2.15. The normalized spacial score (nSPS) is 21.1. The number of amides is 1. The molecule has 1 fully saturated rings. The second kappa shape index (κ2) is 6.44. The van der Waals surface area contributed by atoms with Crippen LogP contribution in [0.25, 0.3) is 0 Å². The van der Waals surface area contributed by atoms with Crippen LogP contribution in [-0.2, 0) is 14.3 Å². The minimum atomic E-state index is -1.04. The van der Waals surface area contributed by atoms with Gasteiger partial charge in [0.15, 0.2) is 6.10 Å². The van der Waals surface area contributed by atoms with Crippen LogP contribution in [0.4, 0.5) is 5.69 Å². The molecule has 1 aliphatic rings. The third kappa shape index (κ3) is 3.54. The van der Waals surface area contributed by atoms with Crippen LogP contribution >= 0.6 is 15.9 Å². The Bertz CT molecular complexity index is 575. The molecule has 2 rings (SSSR count). The van der Waals surface area contributed by atoms with Gasteiger partial charge in [-0.25, -0.2) is 4.79 Å². The number of hydrogen-bond acceptors (Lipinski definition) is 4. The number of aliphatic carboxylic acids is 1. The fraction of sp³-hybridized carbons (Fsp3) is 0.429. The highest BCUT2D eigenvalue weighted by molar-refractivity contribution is 9.10. The molecule has 2 N–H and O–H groups in total. The molecule has 0 aliphatic carbocycles. The largest absolute Gasteiger partial charge is 0.495 e. The molecule has 1 amide bonds. The SMILES string of the molecule is COc1cc(C)c(Br)cc1NC(=O)[C@@H]1CC[C@H](C(=O)O)O1. The van der Waals surface area contributed by atoms with E-state index >= 15 is 0 Å². The number of carboxylic acids is 1. The van der Waals surface area contributed by atoms with Gasteiger partial charge in [0.1, 0.15) is 11.9 Å². The number of carboxylic acid groups (broad SMARTS) is 1. The maximum atomic E-state index is 12.1. The van der Waals surface area contributed by atoms with Crippen molar-refractivity contribution in [2.24, 2.45) is 0 Å². The number of anilines is 1. The molecule has 0 unspecified atom stereocenters. The van der Waals surface area contributed by atoms with Crippen molar-refractivity contribution in [3.8, 4) is 5.75 Å². The molecule has 0 saturated carbocycles. The Morgan fingerprint density at radius 2 is 2.05 bits per heavy atom. The minimum Gasteiger partial charge on any atom is -0.495 e. The molecular weight excluding hydrogens is 342 g/mol. The fourth-order valence-corrected chi connectivity index (χ4v) is 2.49. The standard InChI is InChI=1S/C14H16BrNO5/c1-7-5-12(20-2)9(6-8(7)15)16-13(17)10-3-4-11(21-10)14(18)19/h5-6,10-11H,3-4H2,1-2H3,(H,16,17)(H,18,19)/t10-,11+/m0/s1. The van der Waals surface area contributed by atoms with E-state index in [1.165, 1.54) is 7.11 Å². The molecule has 114 valence electrons. The second-order valence-electron chi connectivity index (χ2n) is 4.82. The van der Waals surface area contributed by atoms with Crippen LogP contribution in [0.15, 0.2) is 16.6 Å². The summed E-state index contributed by atoms with van der Waals surface area (Å²) in [6.45, 7) is 1.91. The van der Waals surface area contributed by atoms with Gasteiger partial charge in [0.2, 0.25) is 0 Å². The first kappa shape index (κ1) is 15.8. The summed E-state index contributed by atoms with van der Waals surface area (Å²) in [6, 6.07) is 3.55. The van der Waals surface area contributed by atoms with Crippen molar-refractivity contribution in [3.05, 3.63) is 22.2 Å². The first-order chi connectivity index (χ1) is 9.92. The molecule has 0 bridgehead atoms. The van der Waals surface area contributed by atoms with Gasteiger partial charge in [0.05, 0.1) is 12.8 Å². The Balaban J connectivity index is 2.10. The molecule has 6 nitrogen and oxygen atoms in total. The molecule has 0 radical (unpaired) electrons. The Kier molecular flexibility index (Phi) is 4.84. The average molecular weight is 358 g/mol. The van der Waals surface area contributed by atoms with Crippen molar-refractivity contribution in [2.75, 3.05) is 12.4 Å².